The van der Waals surface area contributed by atoms with Crippen molar-refractivity contribution in [1.82, 2.24) is 26.2 Å². The Morgan fingerprint density at radius 2 is 0.953 bits per heavy atom. The van der Waals surface area contributed by atoms with E-state index in [0.717, 1.165) is 43.4 Å². The Bertz CT molecular complexity index is 1310. The molecule has 0 saturated heterocycles. The smallest absolute Gasteiger partial charge is 0.253 e. The number of imide groups is 1. The lowest BCUT2D eigenvalue weighted by Gasteiger charge is -2.32. The van der Waals surface area contributed by atoms with E-state index >= 15 is 0 Å². The molecule has 1 aliphatic heterocycles. The van der Waals surface area contributed by atoms with E-state index in [1.54, 1.807) is 0 Å². The molecule has 0 bridgehead atoms. The van der Waals surface area contributed by atoms with Crippen molar-refractivity contribution in [3.63, 3.8) is 0 Å². The monoisotopic (exact) mass is 902 g/mol. The molecule has 1 aliphatic rings. The fourth-order valence-electron chi connectivity index (χ4n) is 7.98. The Labute approximate surface area is 390 Å². The maximum Gasteiger partial charge on any atom is 0.253 e. The van der Waals surface area contributed by atoms with Crippen LogP contribution < -0.4 is 21.3 Å². The number of nitrogens with one attached hydrogen (secondary N) is 4. The lowest BCUT2D eigenvalue weighted by atomic mass is 9.99. The Morgan fingerprint density at radius 3 is 1.41 bits per heavy atom. The van der Waals surface area contributed by atoms with Gasteiger partial charge in [-0.15, -0.1) is 0 Å². The first-order valence-corrected chi connectivity index (χ1v) is 26.0. The maximum atomic E-state index is 13.7. The van der Waals surface area contributed by atoms with Crippen molar-refractivity contribution in [1.29, 1.82) is 0 Å². The molecule has 0 fully saturated rings. The molecule has 370 valence electrons. The van der Waals surface area contributed by atoms with Crippen LogP contribution in [0.3, 0.4) is 0 Å². The van der Waals surface area contributed by atoms with Crippen LogP contribution >= 0.6 is 0 Å². The van der Waals surface area contributed by atoms with Crippen LogP contribution in [0, 0.1) is 0 Å². The highest BCUT2D eigenvalue weighted by atomic mass is 16.5. The Kier molecular flexibility index (Phi) is 33.8. The Balaban J connectivity index is 2.52. The maximum absolute atomic E-state index is 13.7. The van der Waals surface area contributed by atoms with Crippen LogP contribution in [0.1, 0.15) is 241 Å². The molecular formula is C52H95N5O7. The summed E-state index contributed by atoms with van der Waals surface area (Å²) in [5, 5.41) is 11.8. The lowest BCUT2D eigenvalue weighted by molar-refractivity contribution is -0.137. The van der Waals surface area contributed by atoms with Gasteiger partial charge >= 0.3 is 0 Å². The number of amides is 6. The summed E-state index contributed by atoms with van der Waals surface area (Å²) < 4.78 is 6.18. The highest BCUT2D eigenvalue weighted by Gasteiger charge is 2.29. The van der Waals surface area contributed by atoms with E-state index in [4.69, 9.17) is 4.74 Å². The van der Waals surface area contributed by atoms with Crippen molar-refractivity contribution in [3.8, 4) is 0 Å². The van der Waals surface area contributed by atoms with Gasteiger partial charge in [-0.3, -0.25) is 33.7 Å². The zero-order chi connectivity index (χ0) is 47.3. The fraction of sp³-hybridized carbons (Fsp3) is 0.846. The molecule has 0 aromatic rings. The number of carbonyl (C=O) groups excluding carboxylic acids is 6. The summed E-state index contributed by atoms with van der Waals surface area (Å²) in [6.45, 7) is 13.0. The number of unbranched alkanes of at least 4 members (excludes halogenated alkanes) is 24. The summed E-state index contributed by atoms with van der Waals surface area (Å²) in [6, 6.07) is -0.900. The zero-order valence-corrected chi connectivity index (χ0v) is 41.8. The third-order valence-corrected chi connectivity index (χ3v) is 12.4. The normalized spacial score (nSPS) is 13.4. The predicted molar refractivity (Wildman–Crippen MR) is 261 cm³/mol. The summed E-state index contributed by atoms with van der Waals surface area (Å²) in [6.07, 6.45) is 36.2. The first kappa shape index (κ1) is 58.7. The van der Waals surface area contributed by atoms with Gasteiger partial charge in [-0.1, -0.05) is 168 Å². The van der Waals surface area contributed by atoms with Gasteiger partial charge < -0.3 is 26.0 Å². The minimum Gasteiger partial charge on any atom is -0.375 e. The minimum atomic E-state index is -0.900. The molecule has 0 saturated carbocycles. The Hall–Kier alpha value is -3.28. The van der Waals surface area contributed by atoms with Crippen LogP contribution in [0.2, 0.25) is 0 Å². The average molecular weight is 902 g/mol. The molecule has 1 atom stereocenters. The van der Waals surface area contributed by atoms with Crippen molar-refractivity contribution in [3.05, 3.63) is 12.2 Å². The van der Waals surface area contributed by atoms with Gasteiger partial charge in [-0.2, -0.15) is 0 Å². The van der Waals surface area contributed by atoms with Gasteiger partial charge in [0.05, 0.1) is 5.60 Å². The summed E-state index contributed by atoms with van der Waals surface area (Å²) in [5.41, 5.74) is -1.24. The molecule has 1 heterocycles. The van der Waals surface area contributed by atoms with Gasteiger partial charge in [0, 0.05) is 63.2 Å². The van der Waals surface area contributed by atoms with Gasteiger partial charge in [0.2, 0.25) is 23.6 Å². The topological polar surface area (TPSA) is 163 Å². The molecule has 6 amide bonds. The first-order chi connectivity index (χ1) is 30.7. The minimum absolute atomic E-state index is 0.0262. The van der Waals surface area contributed by atoms with Crippen molar-refractivity contribution in [2.75, 3.05) is 26.2 Å². The van der Waals surface area contributed by atoms with Gasteiger partial charge in [0.15, 0.2) is 0 Å². The third kappa shape index (κ3) is 32.4. The molecule has 12 heteroatoms. The van der Waals surface area contributed by atoms with E-state index < -0.39 is 29.0 Å². The van der Waals surface area contributed by atoms with Crippen LogP contribution in [0.4, 0.5) is 0 Å². The van der Waals surface area contributed by atoms with Crippen LogP contribution in [0.5, 0.6) is 0 Å². The van der Waals surface area contributed by atoms with Gasteiger partial charge in [-0.25, -0.2) is 0 Å². The number of nitrogens with zero attached hydrogens (tertiary/aromatic N) is 1. The molecule has 0 radical (unpaired) electrons. The molecule has 0 aromatic heterocycles. The standard InChI is InChI=1S/C52H95N5O7/c1-7-9-11-13-15-17-19-21-23-25-27-29-31-33-45(58)54-43-44(55-47(60)34-32-30-28-26-24-22-20-18-16-14-12-10-8-2)50(63)56-51(3,4)39-42-64-52(5,6)38-40-53-46(59)37-41-57-48(61)35-36-49(57)62/h35-36,44H,7-34,37-43H2,1-6H3,(H,53,59)(H,54,58)(H,55,60)(H,56,63)/t44-/m0/s1. The second kappa shape index (κ2) is 36.9. The molecule has 0 unspecified atom stereocenters. The second-order valence-corrected chi connectivity index (χ2v) is 19.7. The van der Waals surface area contributed by atoms with E-state index in [2.05, 4.69) is 35.1 Å². The number of hydrogen-bond acceptors (Lipinski definition) is 7. The Morgan fingerprint density at radius 1 is 0.547 bits per heavy atom. The largest absolute Gasteiger partial charge is 0.375 e. The van der Waals surface area contributed by atoms with Crippen molar-refractivity contribution in [2.24, 2.45) is 0 Å². The second-order valence-electron chi connectivity index (χ2n) is 19.7. The lowest BCUT2D eigenvalue weighted by Crippen LogP contribution is -2.57. The first-order valence-electron chi connectivity index (χ1n) is 26.0. The fourth-order valence-corrected chi connectivity index (χ4v) is 7.98. The molecule has 1 rings (SSSR count). The highest BCUT2D eigenvalue weighted by Crippen LogP contribution is 2.18. The molecule has 12 nitrogen and oxygen atoms in total. The molecule has 64 heavy (non-hydrogen) atoms. The van der Waals surface area contributed by atoms with E-state index in [1.807, 2.05) is 27.7 Å². The molecule has 4 N–H and O–H groups in total. The van der Waals surface area contributed by atoms with Gasteiger partial charge in [-0.05, 0) is 53.4 Å². The zero-order valence-electron chi connectivity index (χ0n) is 41.8. The van der Waals surface area contributed by atoms with Crippen LogP contribution in [0.25, 0.3) is 0 Å². The summed E-state index contributed by atoms with van der Waals surface area (Å²) in [7, 11) is 0. The molecule has 0 aliphatic carbocycles. The van der Waals surface area contributed by atoms with E-state index in [9.17, 15) is 28.8 Å². The quantitative estimate of drug-likeness (QED) is 0.0350. The number of ether oxygens (including phenoxy) is 1. The van der Waals surface area contributed by atoms with Crippen LogP contribution in [0.15, 0.2) is 12.2 Å². The van der Waals surface area contributed by atoms with E-state index in [-0.39, 0.29) is 43.1 Å². The van der Waals surface area contributed by atoms with Crippen molar-refractivity contribution in [2.45, 2.75) is 258 Å². The summed E-state index contributed by atoms with van der Waals surface area (Å²) in [5.74, 6) is -1.71. The van der Waals surface area contributed by atoms with Crippen LogP contribution in [-0.2, 0) is 33.5 Å². The van der Waals surface area contributed by atoms with E-state index in [1.165, 1.54) is 141 Å². The number of hydrogen-bond donors (Lipinski definition) is 4. The average Bonchev–Trinajstić information content (AvgIpc) is 3.56. The molecule has 0 spiro atoms. The van der Waals surface area contributed by atoms with Gasteiger partial charge in [0.25, 0.3) is 11.8 Å². The highest BCUT2D eigenvalue weighted by molar-refractivity contribution is 6.13. The predicted octanol–water partition coefficient (Wildman–Crippen LogP) is 10.5. The van der Waals surface area contributed by atoms with E-state index in [0.29, 0.717) is 38.8 Å². The molecule has 0 aromatic carbocycles. The third-order valence-electron chi connectivity index (χ3n) is 12.4. The van der Waals surface area contributed by atoms with Crippen molar-refractivity contribution >= 4 is 35.4 Å². The number of carbonyl (C=O) groups is 6. The summed E-state index contributed by atoms with van der Waals surface area (Å²) in [4.78, 5) is 76.6. The summed E-state index contributed by atoms with van der Waals surface area (Å²) >= 11 is 0. The van der Waals surface area contributed by atoms with Gasteiger partial charge in [0.1, 0.15) is 6.04 Å². The van der Waals surface area contributed by atoms with Crippen LogP contribution in [-0.4, -0.2) is 83.8 Å². The molecular weight excluding hydrogens is 807 g/mol. The SMILES string of the molecule is CCCCCCCCCCCCCCCC(=O)NC[C@H](NC(=O)CCCCCCCCCCCCCCC)C(=O)NC(C)(C)CCOC(C)(C)CCNC(=O)CCN1C(=O)C=CC1=O. The number of rotatable bonds is 43. The van der Waals surface area contributed by atoms with Crippen molar-refractivity contribution < 1.29 is 33.5 Å².